The second kappa shape index (κ2) is 11.0. The molecular weight excluding hydrogens is 280 g/mol. The van der Waals surface area contributed by atoms with Gasteiger partial charge < -0.3 is 19.7 Å². The highest BCUT2D eigenvalue weighted by Crippen LogP contribution is 2.40. The molecule has 22 heavy (non-hydrogen) atoms. The lowest BCUT2D eigenvalue weighted by Gasteiger charge is -2.13. The highest BCUT2D eigenvalue weighted by molar-refractivity contribution is 5.54. The van der Waals surface area contributed by atoms with Crippen molar-refractivity contribution in [2.24, 2.45) is 0 Å². The van der Waals surface area contributed by atoms with E-state index in [4.69, 9.17) is 9.47 Å². The van der Waals surface area contributed by atoms with E-state index in [1.807, 2.05) is 0 Å². The molecule has 4 heteroatoms. The number of phenolic OH excluding ortho intramolecular Hbond substituents is 2. The lowest BCUT2D eigenvalue weighted by Crippen LogP contribution is -2.01. The van der Waals surface area contributed by atoms with E-state index < -0.39 is 0 Å². The van der Waals surface area contributed by atoms with Gasteiger partial charge in [-0.05, 0) is 12.8 Å². The van der Waals surface area contributed by atoms with E-state index in [-0.39, 0.29) is 11.5 Å². The maximum Gasteiger partial charge on any atom is 0.201 e. The van der Waals surface area contributed by atoms with Gasteiger partial charge in [-0.3, -0.25) is 0 Å². The first kappa shape index (κ1) is 18.5. The Labute approximate surface area is 134 Å². The van der Waals surface area contributed by atoms with Crippen molar-refractivity contribution in [3.63, 3.8) is 0 Å². The molecule has 2 N–H and O–H groups in total. The minimum Gasteiger partial charge on any atom is -0.508 e. The predicted octanol–water partition coefficient (Wildman–Crippen LogP) is 5.02. The van der Waals surface area contributed by atoms with Crippen molar-refractivity contribution in [2.45, 2.75) is 65.2 Å². The van der Waals surface area contributed by atoms with Crippen molar-refractivity contribution in [3.05, 3.63) is 12.1 Å². The number of ether oxygens (including phenoxy) is 2. The van der Waals surface area contributed by atoms with E-state index >= 15 is 0 Å². The smallest absolute Gasteiger partial charge is 0.201 e. The van der Waals surface area contributed by atoms with Crippen molar-refractivity contribution in [1.82, 2.24) is 0 Å². The summed E-state index contributed by atoms with van der Waals surface area (Å²) in [5.74, 6) is 0.605. The first-order valence-corrected chi connectivity index (χ1v) is 8.50. The molecule has 0 amide bonds. The molecule has 1 rings (SSSR count). The van der Waals surface area contributed by atoms with Gasteiger partial charge >= 0.3 is 0 Å². The quantitative estimate of drug-likeness (QED) is 0.420. The second-order valence-corrected chi connectivity index (χ2v) is 5.61. The number of phenols is 2. The molecule has 0 atom stereocenters. The molecular formula is C18H30O4. The van der Waals surface area contributed by atoms with Crippen LogP contribution in [0.5, 0.6) is 23.0 Å². The molecule has 0 bridgehead atoms. The summed E-state index contributed by atoms with van der Waals surface area (Å²) in [6.07, 6.45) is 8.81. The first-order chi connectivity index (χ1) is 10.7. The average Bonchev–Trinajstić information content (AvgIpc) is 2.50. The van der Waals surface area contributed by atoms with E-state index in [0.29, 0.717) is 24.7 Å². The SMILES string of the molecule is CCCCCCOc1cc(O)cc(OCCCCCC)c1O. The minimum atomic E-state index is -0.0243. The highest BCUT2D eigenvalue weighted by atomic mass is 16.5. The molecule has 0 radical (unpaired) electrons. The van der Waals surface area contributed by atoms with Crippen LogP contribution in [0.4, 0.5) is 0 Å². The fraction of sp³-hybridized carbons (Fsp3) is 0.667. The fourth-order valence-electron chi connectivity index (χ4n) is 2.21. The first-order valence-electron chi connectivity index (χ1n) is 8.50. The van der Waals surface area contributed by atoms with Crippen LogP contribution in [0.3, 0.4) is 0 Å². The van der Waals surface area contributed by atoms with E-state index in [0.717, 1.165) is 25.7 Å². The van der Waals surface area contributed by atoms with Gasteiger partial charge in [0.1, 0.15) is 5.75 Å². The van der Waals surface area contributed by atoms with Crippen LogP contribution >= 0.6 is 0 Å². The van der Waals surface area contributed by atoms with Crippen molar-refractivity contribution >= 4 is 0 Å². The van der Waals surface area contributed by atoms with Gasteiger partial charge in [-0.15, -0.1) is 0 Å². The van der Waals surface area contributed by atoms with Gasteiger partial charge in [0.2, 0.25) is 5.75 Å². The summed E-state index contributed by atoms with van der Waals surface area (Å²) in [6, 6.07) is 2.86. The highest BCUT2D eigenvalue weighted by Gasteiger charge is 2.12. The summed E-state index contributed by atoms with van der Waals surface area (Å²) in [7, 11) is 0. The van der Waals surface area contributed by atoms with E-state index in [9.17, 15) is 10.2 Å². The molecule has 0 fully saturated rings. The fourth-order valence-corrected chi connectivity index (χ4v) is 2.21. The Balaban J connectivity index is 2.48. The summed E-state index contributed by atoms with van der Waals surface area (Å²) < 4.78 is 11.1. The van der Waals surface area contributed by atoms with Crippen LogP contribution in [0.15, 0.2) is 12.1 Å². The standard InChI is InChI=1S/C18H30O4/c1-3-5-7-9-11-21-16-13-15(19)14-17(18(16)20)22-12-10-8-6-4-2/h13-14,19-20H,3-12H2,1-2H3. The molecule has 0 unspecified atom stereocenters. The molecule has 0 aliphatic heterocycles. The van der Waals surface area contributed by atoms with Crippen LogP contribution in [-0.2, 0) is 0 Å². The van der Waals surface area contributed by atoms with Crippen molar-refractivity contribution in [3.8, 4) is 23.0 Å². The van der Waals surface area contributed by atoms with Gasteiger partial charge in [0.25, 0.3) is 0 Å². The van der Waals surface area contributed by atoms with Gasteiger partial charge in [0, 0.05) is 12.1 Å². The number of hydrogen-bond donors (Lipinski definition) is 2. The Morgan fingerprint density at radius 1 is 0.727 bits per heavy atom. The number of hydrogen-bond acceptors (Lipinski definition) is 4. The van der Waals surface area contributed by atoms with Crippen molar-refractivity contribution < 1.29 is 19.7 Å². The molecule has 0 saturated carbocycles. The van der Waals surface area contributed by atoms with Gasteiger partial charge in [0.05, 0.1) is 13.2 Å². The van der Waals surface area contributed by atoms with Crippen LogP contribution in [-0.4, -0.2) is 23.4 Å². The van der Waals surface area contributed by atoms with Crippen molar-refractivity contribution in [2.75, 3.05) is 13.2 Å². The van der Waals surface area contributed by atoms with Gasteiger partial charge in [-0.1, -0.05) is 52.4 Å². The lowest BCUT2D eigenvalue weighted by atomic mass is 10.2. The zero-order chi connectivity index (χ0) is 16.2. The van der Waals surface area contributed by atoms with E-state index in [1.54, 1.807) is 0 Å². The van der Waals surface area contributed by atoms with E-state index in [2.05, 4.69) is 13.8 Å². The molecule has 0 saturated heterocycles. The topological polar surface area (TPSA) is 58.9 Å². The molecule has 1 aromatic carbocycles. The van der Waals surface area contributed by atoms with Gasteiger partial charge in [-0.2, -0.15) is 0 Å². The summed E-state index contributed by atoms with van der Waals surface area (Å²) in [5.41, 5.74) is 0. The maximum absolute atomic E-state index is 10.2. The van der Waals surface area contributed by atoms with Crippen LogP contribution in [0.1, 0.15) is 65.2 Å². The zero-order valence-corrected chi connectivity index (χ0v) is 13.9. The molecule has 0 aromatic heterocycles. The predicted molar refractivity (Wildman–Crippen MR) is 89.0 cm³/mol. The summed E-state index contributed by atoms with van der Waals surface area (Å²) in [6.45, 7) is 5.39. The summed E-state index contributed by atoms with van der Waals surface area (Å²) >= 11 is 0. The minimum absolute atomic E-state index is 0.0243. The molecule has 0 spiro atoms. The zero-order valence-electron chi connectivity index (χ0n) is 13.9. The molecule has 0 aliphatic rings. The summed E-state index contributed by atoms with van der Waals surface area (Å²) in [5, 5.41) is 19.9. The Hall–Kier alpha value is -1.58. The molecule has 1 aromatic rings. The number of rotatable bonds is 12. The van der Waals surface area contributed by atoms with Gasteiger partial charge in [0.15, 0.2) is 11.5 Å². The van der Waals surface area contributed by atoms with Gasteiger partial charge in [-0.25, -0.2) is 0 Å². The third-order valence-corrected chi connectivity index (χ3v) is 3.54. The Kier molecular flexibility index (Phi) is 9.28. The summed E-state index contributed by atoms with van der Waals surface area (Å²) in [4.78, 5) is 0. The number of aromatic hydroxyl groups is 2. The largest absolute Gasteiger partial charge is 0.508 e. The lowest BCUT2D eigenvalue weighted by molar-refractivity contribution is 0.262. The van der Waals surface area contributed by atoms with Crippen LogP contribution in [0.25, 0.3) is 0 Å². The third-order valence-electron chi connectivity index (χ3n) is 3.54. The molecule has 0 heterocycles. The van der Waals surface area contributed by atoms with Crippen LogP contribution < -0.4 is 9.47 Å². The monoisotopic (exact) mass is 310 g/mol. The Morgan fingerprint density at radius 2 is 1.18 bits per heavy atom. The Bertz CT molecular complexity index is 383. The normalized spacial score (nSPS) is 10.6. The van der Waals surface area contributed by atoms with Crippen LogP contribution in [0.2, 0.25) is 0 Å². The number of benzene rings is 1. The Morgan fingerprint density at radius 3 is 1.59 bits per heavy atom. The molecule has 4 nitrogen and oxygen atoms in total. The third kappa shape index (κ3) is 6.92. The van der Waals surface area contributed by atoms with Crippen LogP contribution in [0, 0.1) is 0 Å². The van der Waals surface area contributed by atoms with E-state index in [1.165, 1.54) is 37.8 Å². The number of unbranched alkanes of at least 4 members (excludes halogenated alkanes) is 6. The van der Waals surface area contributed by atoms with Crippen molar-refractivity contribution in [1.29, 1.82) is 0 Å². The molecule has 0 aliphatic carbocycles. The molecule has 126 valence electrons. The second-order valence-electron chi connectivity index (χ2n) is 5.61. The average molecular weight is 310 g/mol. The maximum atomic E-state index is 10.2.